The van der Waals surface area contributed by atoms with Gasteiger partial charge in [0, 0.05) is 24.3 Å². The first-order chi connectivity index (χ1) is 13.9. The number of aliphatic imine (C=N–C) groups is 1. The molecule has 2 aliphatic rings. The Bertz CT molecular complexity index is 987. The first kappa shape index (κ1) is 19.1. The molecule has 4 rings (SSSR count). The number of amidine groups is 1. The lowest BCUT2D eigenvalue weighted by molar-refractivity contribution is -0.150. The number of amides is 2. The minimum atomic E-state index is -1.64. The third kappa shape index (κ3) is 3.85. The Balaban J connectivity index is 1.46. The van der Waals surface area contributed by atoms with Crippen molar-refractivity contribution in [3.63, 3.8) is 0 Å². The maximum atomic E-state index is 12.8. The van der Waals surface area contributed by atoms with Crippen molar-refractivity contribution in [1.82, 2.24) is 0 Å². The van der Waals surface area contributed by atoms with Crippen LogP contribution >= 0.6 is 0 Å². The Morgan fingerprint density at radius 3 is 2.83 bits per heavy atom. The number of carbonyl (C=O) groups is 2. The van der Waals surface area contributed by atoms with Gasteiger partial charge in [-0.3, -0.25) is 9.59 Å². The number of rotatable bonds is 4. The standard InChI is InChI=1S/C21H22N4O4/c1-12-2-6-15(7-3-12)25-8-9-29-19(21(25)28)18(26)20(27)23-14-5-4-13-10-17(22)24-16(13)11-14/h2-7,11,18-19,26H,8-10H2,1H3,(H2,22,24)(H,23,27). The van der Waals surface area contributed by atoms with Gasteiger partial charge in [-0.05, 0) is 36.8 Å². The number of carbonyl (C=O) groups excluding carboxylic acids is 2. The number of nitrogens with two attached hydrogens (primary N) is 1. The molecule has 0 radical (unpaired) electrons. The highest BCUT2D eigenvalue weighted by Gasteiger charge is 2.39. The molecule has 1 saturated heterocycles. The third-order valence-electron chi connectivity index (χ3n) is 5.01. The molecule has 1 fully saturated rings. The van der Waals surface area contributed by atoms with Crippen LogP contribution in [0.25, 0.3) is 0 Å². The van der Waals surface area contributed by atoms with Crippen LogP contribution in [-0.2, 0) is 20.7 Å². The number of benzene rings is 2. The van der Waals surface area contributed by atoms with Crippen LogP contribution in [0.1, 0.15) is 11.1 Å². The van der Waals surface area contributed by atoms with Gasteiger partial charge in [-0.25, -0.2) is 4.99 Å². The number of hydrogen-bond acceptors (Lipinski definition) is 6. The number of anilines is 2. The monoisotopic (exact) mass is 394 g/mol. The highest BCUT2D eigenvalue weighted by molar-refractivity contribution is 6.04. The number of nitrogens with zero attached hydrogens (tertiary/aromatic N) is 2. The quantitative estimate of drug-likeness (QED) is 0.722. The average molecular weight is 394 g/mol. The minimum Gasteiger partial charge on any atom is -0.387 e. The summed E-state index contributed by atoms with van der Waals surface area (Å²) in [5.41, 5.74) is 9.63. The first-order valence-electron chi connectivity index (χ1n) is 9.37. The number of hydrogen-bond donors (Lipinski definition) is 3. The molecule has 29 heavy (non-hydrogen) atoms. The van der Waals surface area contributed by atoms with E-state index in [0.29, 0.717) is 35.9 Å². The normalized spacial score (nSPS) is 19.5. The molecule has 4 N–H and O–H groups in total. The van der Waals surface area contributed by atoms with Crippen LogP contribution in [0, 0.1) is 6.92 Å². The topological polar surface area (TPSA) is 117 Å². The summed E-state index contributed by atoms with van der Waals surface area (Å²) in [5.74, 6) is -0.654. The molecule has 2 unspecified atom stereocenters. The van der Waals surface area contributed by atoms with Crippen molar-refractivity contribution in [1.29, 1.82) is 0 Å². The van der Waals surface area contributed by atoms with Gasteiger partial charge in [-0.15, -0.1) is 0 Å². The average Bonchev–Trinajstić information content (AvgIpc) is 3.07. The van der Waals surface area contributed by atoms with E-state index in [0.717, 1.165) is 11.1 Å². The predicted octanol–water partition coefficient (Wildman–Crippen LogP) is 1.27. The van der Waals surface area contributed by atoms with Gasteiger partial charge in [0.05, 0.1) is 12.3 Å². The fourth-order valence-corrected chi connectivity index (χ4v) is 3.45. The third-order valence-corrected chi connectivity index (χ3v) is 5.01. The summed E-state index contributed by atoms with van der Waals surface area (Å²) in [7, 11) is 0. The summed E-state index contributed by atoms with van der Waals surface area (Å²) < 4.78 is 5.43. The summed E-state index contributed by atoms with van der Waals surface area (Å²) >= 11 is 0. The molecule has 2 atom stereocenters. The van der Waals surface area contributed by atoms with Crippen LogP contribution in [0.3, 0.4) is 0 Å². The lowest BCUT2D eigenvalue weighted by Gasteiger charge is -2.34. The summed E-state index contributed by atoms with van der Waals surface area (Å²) in [6, 6.07) is 12.7. The second-order valence-corrected chi connectivity index (χ2v) is 7.17. The van der Waals surface area contributed by atoms with E-state index in [9.17, 15) is 14.7 Å². The number of ether oxygens (including phenoxy) is 1. The highest BCUT2D eigenvalue weighted by atomic mass is 16.5. The van der Waals surface area contributed by atoms with Gasteiger partial charge < -0.3 is 25.8 Å². The first-order valence-corrected chi connectivity index (χ1v) is 9.37. The molecule has 0 aromatic heterocycles. The molecule has 0 bridgehead atoms. The summed E-state index contributed by atoms with van der Waals surface area (Å²) in [4.78, 5) is 31.1. The Morgan fingerprint density at radius 1 is 1.31 bits per heavy atom. The molecule has 2 aromatic rings. The molecular formula is C21H22N4O4. The van der Waals surface area contributed by atoms with Gasteiger partial charge in [0.1, 0.15) is 5.84 Å². The van der Waals surface area contributed by atoms with E-state index in [4.69, 9.17) is 10.5 Å². The van der Waals surface area contributed by atoms with Gasteiger partial charge in [0.2, 0.25) is 0 Å². The van der Waals surface area contributed by atoms with Crippen LogP contribution in [0.2, 0.25) is 0 Å². The lowest BCUT2D eigenvalue weighted by Crippen LogP contribution is -2.55. The summed E-state index contributed by atoms with van der Waals surface area (Å²) in [6.07, 6.45) is -2.34. The number of nitrogens with one attached hydrogen (secondary N) is 1. The smallest absolute Gasteiger partial charge is 0.259 e. The SMILES string of the molecule is Cc1ccc(N2CCOC(C(O)C(=O)Nc3ccc4c(c3)N=C(N)C4)C2=O)cc1. The van der Waals surface area contributed by atoms with E-state index in [2.05, 4.69) is 10.3 Å². The van der Waals surface area contributed by atoms with Crippen molar-refractivity contribution >= 4 is 34.7 Å². The van der Waals surface area contributed by atoms with Gasteiger partial charge in [-0.1, -0.05) is 23.8 Å². The zero-order valence-corrected chi connectivity index (χ0v) is 16.0. The van der Waals surface area contributed by atoms with Gasteiger partial charge in [-0.2, -0.15) is 0 Å². The predicted molar refractivity (Wildman–Crippen MR) is 109 cm³/mol. The maximum Gasteiger partial charge on any atom is 0.259 e. The molecule has 2 aromatic carbocycles. The zero-order valence-electron chi connectivity index (χ0n) is 16.0. The number of aliphatic hydroxyl groups excluding tert-OH is 1. The second-order valence-electron chi connectivity index (χ2n) is 7.17. The Labute approximate surface area is 168 Å². The van der Waals surface area contributed by atoms with E-state index in [1.54, 1.807) is 12.1 Å². The molecule has 8 nitrogen and oxygen atoms in total. The van der Waals surface area contributed by atoms with E-state index in [1.807, 2.05) is 37.3 Å². The van der Waals surface area contributed by atoms with Crippen LogP contribution in [0.15, 0.2) is 47.5 Å². The van der Waals surface area contributed by atoms with Gasteiger partial charge >= 0.3 is 0 Å². The Morgan fingerprint density at radius 2 is 2.07 bits per heavy atom. The molecule has 0 saturated carbocycles. The molecule has 2 amide bonds. The molecule has 0 spiro atoms. The molecule has 2 heterocycles. The van der Waals surface area contributed by atoms with Crippen LogP contribution in [0.5, 0.6) is 0 Å². The highest BCUT2D eigenvalue weighted by Crippen LogP contribution is 2.29. The number of aryl methyl sites for hydroxylation is 1. The summed E-state index contributed by atoms with van der Waals surface area (Å²) in [5, 5.41) is 13.1. The van der Waals surface area contributed by atoms with E-state index < -0.39 is 24.0 Å². The van der Waals surface area contributed by atoms with E-state index in [1.165, 1.54) is 4.90 Å². The van der Waals surface area contributed by atoms with E-state index >= 15 is 0 Å². The van der Waals surface area contributed by atoms with Crippen molar-refractivity contribution in [3.8, 4) is 0 Å². The zero-order chi connectivity index (χ0) is 20.5. The molecule has 2 aliphatic heterocycles. The van der Waals surface area contributed by atoms with Crippen LogP contribution in [-0.4, -0.2) is 48.1 Å². The molecular weight excluding hydrogens is 372 g/mol. The van der Waals surface area contributed by atoms with Gasteiger partial charge in [0.15, 0.2) is 12.2 Å². The fourth-order valence-electron chi connectivity index (χ4n) is 3.45. The number of morpholine rings is 1. The van der Waals surface area contributed by atoms with Crippen molar-refractivity contribution in [3.05, 3.63) is 53.6 Å². The van der Waals surface area contributed by atoms with Crippen molar-refractivity contribution in [2.75, 3.05) is 23.4 Å². The number of aliphatic hydroxyl groups is 1. The fraction of sp³-hybridized carbons (Fsp3) is 0.286. The van der Waals surface area contributed by atoms with Crippen LogP contribution < -0.4 is 16.0 Å². The van der Waals surface area contributed by atoms with Crippen molar-refractivity contribution < 1.29 is 19.4 Å². The molecule has 0 aliphatic carbocycles. The largest absolute Gasteiger partial charge is 0.387 e. The maximum absolute atomic E-state index is 12.8. The minimum absolute atomic E-state index is 0.224. The molecule has 150 valence electrons. The summed E-state index contributed by atoms with van der Waals surface area (Å²) in [6.45, 7) is 2.54. The van der Waals surface area contributed by atoms with Crippen LogP contribution in [0.4, 0.5) is 17.1 Å². The Kier molecular flexibility index (Phi) is 5.04. The van der Waals surface area contributed by atoms with Gasteiger partial charge in [0.25, 0.3) is 11.8 Å². The Hall–Kier alpha value is -3.23. The number of fused-ring (bicyclic) bond motifs is 1. The lowest BCUT2D eigenvalue weighted by atomic mass is 10.1. The van der Waals surface area contributed by atoms with E-state index in [-0.39, 0.29) is 6.61 Å². The second kappa shape index (κ2) is 7.65. The molecule has 8 heteroatoms. The van der Waals surface area contributed by atoms with Crippen molar-refractivity contribution in [2.45, 2.75) is 25.6 Å². The van der Waals surface area contributed by atoms with Crippen molar-refractivity contribution in [2.24, 2.45) is 10.7 Å².